The zero-order valence-corrected chi connectivity index (χ0v) is 19.5. The molecule has 1 amide bonds. The van der Waals surface area contributed by atoms with Crippen molar-refractivity contribution in [2.75, 3.05) is 19.0 Å². The lowest BCUT2D eigenvalue weighted by Crippen LogP contribution is -2.36. The van der Waals surface area contributed by atoms with Gasteiger partial charge in [-0.1, -0.05) is 35.9 Å². The number of aryl methyl sites for hydroxylation is 1. The van der Waals surface area contributed by atoms with E-state index in [0.717, 1.165) is 16.5 Å². The third-order valence-corrected chi connectivity index (χ3v) is 5.64. The van der Waals surface area contributed by atoms with E-state index in [4.69, 9.17) is 16.3 Å². The number of hydrogen-bond donors (Lipinski definition) is 3. The molecule has 0 spiro atoms. The lowest BCUT2D eigenvalue weighted by atomic mass is 10.1. The molecule has 8 heteroatoms. The normalized spacial score (nSPS) is 11.5. The Morgan fingerprint density at radius 1 is 1.15 bits per heavy atom. The predicted molar refractivity (Wildman–Crippen MR) is 135 cm³/mol. The lowest BCUT2D eigenvalue weighted by molar-refractivity contribution is 0.0976. The zero-order valence-electron chi connectivity index (χ0n) is 18.8. The number of methoxy groups -OCH3 is 1. The minimum atomic E-state index is -0.488. The summed E-state index contributed by atoms with van der Waals surface area (Å²) in [4.78, 5) is 20.7. The first-order chi connectivity index (χ1) is 16.4. The van der Waals surface area contributed by atoms with E-state index >= 15 is 0 Å². The number of anilines is 1. The van der Waals surface area contributed by atoms with Crippen molar-refractivity contribution in [3.05, 3.63) is 94.4 Å². The van der Waals surface area contributed by atoms with Crippen molar-refractivity contribution in [2.24, 2.45) is 4.99 Å². The van der Waals surface area contributed by atoms with Crippen molar-refractivity contribution in [1.29, 1.82) is 0 Å². The number of fused-ring (bicyclic) bond motifs is 1. The molecule has 1 aromatic heterocycles. The second kappa shape index (κ2) is 10.4. The number of para-hydroxylation sites is 1. The van der Waals surface area contributed by atoms with Gasteiger partial charge in [0.2, 0.25) is 5.96 Å². The van der Waals surface area contributed by atoms with Crippen LogP contribution in [0.2, 0.25) is 5.02 Å². The Balaban J connectivity index is 1.58. The van der Waals surface area contributed by atoms with E-state index in [1.165, 1.54) is 13.2 Å². The highest BCUT2D eigenvalue weighted by molar-refractivity contribution is 6.31. The van der Waals surface area contributed by atoms with Crippen molar-refractivity contribution in [3.8, 4) is 5.75 Å². The van der Waals surface area contributed by atoms with E-state index < -0.39 is 11.7 Å². The molecule has 0 unspecified atom stereocenters. The fourth-order valence-corrected chi connectivity index (χ4v) is 3.73. The molecule has 0 saturated carbocycles. The van der Waals surface area contributed by atoms with Gasteiger partial charge in [-0.15, -0.1) is 0 Å². The SMILES string of the molecule is COc1ccc(Cl)cc1NC(=NCCc1c[nH]c2ccccc12)NC(=O)c1ccc(C)c(F)c1. The van der Waals surface area contributed by atoms with Gasteiger partial charge < -0.3 is 15.0 Å². The number of guanidine groups is 1. The molecule has 34 heavy (non-hydrogen) atoms. The van der Waals surface area contributed by atoms with Crippen LogP contribution in [0.1, 0.15) is 21.5 Å². The smallest absolute Gasteiger partial charge is 0.258 e. The molecule has 0 saturated heterocycles. The third kappa shape index (κ3) is 5.38. The number of ether oxygens (including phenoxy) is 1. The van der Waals surface area contributed by atoms with E-state index in [1.54, 1.807) is 37.3 Å². The van der Waals surface area contributed by atoms with Gasteiger partial charge in [-0.2, -0.15) is 0 Å². The monoisotopic (exact) mass is 478 g/mol. The van der Waals surface area contributed by atoms with E-state index in [1.807, 2.05) is 24.4 Å². The van der Waals surface area contributed by atoms with E-state index in [2.05, 4.69) is 26.7 Å². The maximum Gasteiger partial charge on any atom is 0.258 e. The molecule has 0 aliphatic carbocycles. The number of nitrogens with one attached hydrogen (secondary N) is 3. The van der Waals surface area contributed by atoms with Gasteiger partial charge in [-0.05, 0) is 60.9 Å². The molecule has 0 fully saturated rings. The largest absolute Gasteiger partial charge is 0.495 e. The predicted octanol–water partition coefficient (Wildman–Crippen LogP) is 5.72. The number of benzene rings is 3. The third-order valence-electron chi connectivity index (χ3n) is 5.41. The number of aromatic nitrogens is 1. The Morgan fingerprint density at radius 2 is 1.97 bits per heavy atom. The molecule has 1 heterocycles. The number of carbonyl (C=O) groups is 1. The summed E-state index contributed by atoms with van der Waals surface area (Å²) in [5.41, 5.74) is 3.36. The summed E-state index contributed by atoms with van der Waals surface area (Å²) in [6, 6.07) is 17.5. The highest BCUT2D eigenvalue weighted by Gasteiger charge is 2.14. The number of halogens is 2. The molecular weight excluding hydrogens is 455 g/mol. The van der Waals surface area contributed by atoms with Crippen molar-refractivity contribution >= 4 is 40.1 Å². The maximum atomic E-state index is 14.0. The second-order valence-electron chi connectivity index (χ2n) is 7.73. The number of aliphatic imine (C=N–C) groups is 1. The van der Waals surface area contributed by atoms with Gasteiger partial charge >= 0.3 is 0 Å². The summed E-state index contributed by atoms with van der Waals surface area (Å²) in [5, 5.41) is 7.46. The summed E-state index contributed by atoms with van der Waals surface area (Å²) in [5.74, 6) is -0.205. The average molecular weight is 479 g/mol. The first-order valence-corrected chi connectivity index (χ1v) is 11.1. The van der Waals surface area contributed by atoms with E-state index in [9.17, 15) is 9.18 Å². The minimum absolute atomic E-state index is 0.187. The zero-order chi connectivity index (χ0) is 24.1. The van der Waals surface area contributed by atoms with Crippen LogP contribution < -0.4 is 15.4 Å². The lowest BCUT2D eigenvalue weighted by Gasteiger charge is -2.15. The molecule has 4 aromatic rings. The van der Waals surface area contributed by atoms with Crippen LogP contribution in [0.15, 0.2) is 71.9 Å². The number of hydrogen-bond acceptors (Lipinski definition) is 3. The van der Waals surface area contributed by atoms with Gasteiger partial charge in [0.15, 0.2) is 0 Å². The Hall–Kier alpha value is -3.84. The quantitative estimate of drug-likeness (QED) is 0.245. The molecule has 0 aliphatic rings. The molecule has 0 radical (unpaired) electrons. The number of carbonyl (C=O) groups excluding carboxylic acids is 1. The summed E-state index contributed by atoms with van der Waals surface area (Å²) in [7, 11) is 1.54. The highest BCUT2D eigenvalue weighted by Crippen LogP contribution is 2.27. The van der Waals surface area contributed by atoms with Gasteiger partial charge in [-0.3, -0.25) is 15.1 Å². The summed E-state index contributed by atoms with van der Waals surface area (Å²) >= 11 is 6.15. The molecule has 174 valence electrons. The fraction of sp³-hybridized carbons (Fsp3) is 0.154. The maximum absolute atomic E-state index is 14.0. The molecule has 3 N–H and O–H groups in total. The number of rotatable bonds is 6. The first kappa shape index (κ1) is 23.3. The molecule has 3 aromatic carbocycles. The molecule has 4 rings (SSSR count). The van der Waals surface area contributed by atoms with Crippen LogP contribution in [-0.2, 0) is 6.42 Å². The minimum Gasteiger partial charge on any atom is -0.495 e. The molecule has 6 nitrogen and oxygen atoms in total. The van der Waals surface area contributed by atoms with Gasteiger partial charge in [0.05, 0.1) is 12.8 Å². The van der Waals surface area contributed by atoms with Crippen LogP contribution in [0.25, 0.3) is 10.9 Å². The highest BCUT2D eigenvalue weighted by atomic mass is 35.5. The van der Waals surface area contributed by atoms with E-state index in [0.29, 0.717) is 35.0 Å². The number of H-pyrrole nitrogens is 1. The van der Waals surface area contributed by atoms with Crippen LogP contribution >= 0.6 is 11.6 Å². The number of amides is 1. The summed E-state index contributed by atoms with van der Waals surface area (Å²) in [6.45, 7) is 2.04. The van der Waals surface area contributed by atoms with Crippen LogP contribution in [0.5, 0.6) is 5.75 Å². The summed E-state index contributed by atoms with van der Waals surface area (Å²) < 4.78 is 19.4. The van der Waals surface area contributed by atoms with Gasteiger partial charge in [0, 0.05) is 34.2 Å². The van der Waals surface area contributed by atoms with Crippen molar-refractivity contribution in [1.82, 2.24) is 10.3 Å². The second-order valence-corrected chi connectivity index (χ2v) is 8.16. The fourth-order valence-electron chi connectivity index (χ4n) is 3.56. The molecular formula is C26H24ClFN4O2. The first-order valence-electron chi connectivity index (χ1n) is 10.7. The van der Waals surface area contributed by atoms with Gasteiger partial charge in [0.25, 0.3) is 5.91 Å². The Morgan fingerprint density at radius 3 is 2.76 bits per heavy atom. The summed E-state index contributed by atoms with van der Waals surface area (Å²) in [6.07, 6.45) is 2.61. The standard InChI is InChI=1S/C26H24ClFN4O2/c1-16-7-8-17(13-21(16)28)25(33)32-26(31-23-14-19(27)9-10-24(23)34-2)29-12-11-18-15-30-22-6-4-3-5-20(18)22/h3-10,13-15,30H,11-12H2,1-2H3,(H2,29,31,32,33). The molecule has 0 bridgehead atoms. The topological polar surface area (TPSA) is 78.5 Å². The van der Waals surface area contributed by atoms with Crippen LogP contribution in [0.4, 0.5) is 10.1 Å². The van der Waals surface area contributed by atoms with Crippen LogP contribution in [0, 0.1) is 12.7 Å². The van der Waals surface area contributed by atoms with Crippen molar-refractivity contribution < 1.29 is 13.9 Å². The number of nitrogens with zero attached hydrogens (tertiary/aromatic N) is 1. The van der Waals surface area contributed by atoms with Gasteiger partial charge in [0.1, 0.15) is 11.6 Å². The van der Waals surface area contributed by atoms with Crippen molar-refractivity contribution in [3.63, 3.8) is 0 Å². The number of aromatic amines is 1. The van der Waals surface area contributed by atoms with Gasteiger partial charge in [-0.25, -0.2) is 4.39 Å². The van der Waals surface area contributed by atoms with Crippen LogP contribution in [-0.4, -0.2) is 30.5 Å². The Bertz CT molecular complexity index is 1370. The molecule has 0 aliphatic heterocycles. The molecule has 0 atom stereocenters. The van der Waals surface area contributed by atoms with Crippen molar-refractivity contribution in [2.45, 2.75) is 13.3 Å². The average Bonchev–Trinajstić information content (AvgIpc) is 3.24. The van der Waals surface area contributed by atoms with E-state index in [-0.39, 0.29) is 11.5 Å². The Labute approximate surface area is 201 Å². The van der Waals surface area contributed by atoms with Crippen LogP contribution in [0.3, 0.4) is 0 Å². The Kier molecular flexibility index (Phi) is 7.13.